The van der Waals surface area contributed by atoms with Gasteiger partial charge in [0, 0.05) is 11.6 Å². The molecule has 0 fully saturated rings. The Bertz CT molecular complexity index is 453. The van der Waals surface area contributed by atoms with Gasteiger partial charge >= 0.3 is 12.1 Å². The first-order valence-corrected chi connectivity index (χ1v) is 4.33. The summed E-state index contributed by atoms with van der Waals surface area (Å²) in [6, 6.07) is -3.26. The summed E-state index contributed by atoms with van der Waals surface area (Å²) >= 11 is 0. The number of hydrogen-bond acceptors (Lipinski definition) is 1. The highest BCUT2D eigenvalue weighted by Crippen LogP contribution is 2.44. The number of nitrogens with two attached hydrogens (primary N) is 1. The fraction of sp³-hybridized carbons (Fsp3) is 0.333. The molecule has 0 aliphatic carbocycles. The van der Waals surface area contributed by atoms with Crippen molar-refractivity contribution in [1.82, 2.24) is 0 Å². The summed E-state index contributed by atoms with van der Waals surface area (Å²) in [6.07, 6.45) is -6.07. The molecule has 9 heteroatoms. The molecule has 0 bridgehead atoms. The molecule has 1 aromatic rings. The maximum Gasteiger partial charge on any atom is 0.455 e. The molecule has 0 radical (unpaired) electrons. The zero-order valence-electron chi connectivity index (χ0n) is 8.33. The lowest BCUT2D eigenvalue weighted by atomic mass is 10.00. The number of hydrogen-bond donors (Lipinski definition) is 1. The lowest BCUT2D eigenvalue weighted by Crippen LogP contribution is -2.46. The molecule has 0 heterocycles. The Labute approximate surface area is 95.2 Å². The quantitative estimate of drug-likeness (QED) is 0.652. The number of rotatable bonds is 2. The third-order valence-corrected chi connectivity index (χ3v) is 2.12. The van der Waals surface area contributed by atoms with Crippen molar-refractivity contribution in [2.75, 3.05) is 0 Å². The molecule has 2 N–H and O–H groups in total. The smallest absolute Gasteiger partial charge is 0.319 e. The van der Waals surface area contributed by atoms with E-state index in [-0.39, 0.29) is 12.1 Å². The van der Waals surface area contributed by atoms with E-state index in [9.17, 15) is 35.1 Å². The Morgan fingerprint density at radius 2 is 1.44 bits per heavy atom. The van der Waals surface area contributed by atoms with Crippen LogP contribution in [0.5, 0.6) is 0 Å². The van der Waals surface area contributed by atoms with Crippen LogP contribution in [0.1, 0.15) is 11.6 Å². The zero-order valence-corrected chi connectivity index (χ0v) is 8.33. The number of halogens is 8. The van der Waals surface area contributed by atoms with E-state index in [1.165, 1.54) is 0 Å². The van der Waals surface area contributed by atoms with E-state index in [4.69, 9.17) is 0 Å². The Hall–Kier alpha value is -1.38. The molecular formula is C9H5F8N. The topological polar surface area (TPSA) is 26.0 Å². The first-order chi connectivity index (χ1) is 7.98. The Morgan fingerprint density at radius 3 is 1.89 bits per heavy atom. The SMILES string of the molecule is N[C@@H](c1cc(F)cc(F)c1F)C(F)(F)C(F)(F)F. The predicted molar refractivity (Wildman–Crippen MR) is 44.2 cm³/mol. The Balaban J connectivity index is 3.31. The van der Waals surface area contributed by atoms with E-state index >= 15 is 0 Å². The second-order valence-corrected chi connectivity index (χ2v) is 3.39. The molecule has 0 saturated carbocycles. The molecule has 0 aromatic heterocycles. The lowest BCUT2D eigenvalue weighted by Gasteiger charge is -2.26. The van der Waals surface area contributed by atoms with E-state index in [2.05, 4.69) is 5.73 Å². The van der Waals surface area contributed by atoms with Gasteiger partial charge in [-0.2, -0.15) is 22.0 Å². The highest BCUT2D eigenvalue weighted by atomic mass is 19.4. The van der Waals surface area contributed by atoms with Crippen LogP contribution in [0.25, 0.3) is 0 Å². The standard InChI is InChI=1S/C9H5F8N/c10-3-1-4(6(12)5(11)2-3)7(18)8(13,14)9(15,16)17/h1-2,7H,18H2/t7-/m0/s1. The minimum atomic E-state index is -6.07. The van der Waals surface area contributed by atoms with Crippen LogP contribution in [0.15, 0.2) is 12.1 Å². The van der Waals surface area contributed by atoms with Gasteiger partial charge in [-0.3, -0.25) is 0 Å². The van der Waals surface area contributed by atoms with Gasteiger partial charge in [0.1, 0.15) is 11.9 Å². The van der Waals surface area contributed by atoms with Crippen LogP contribution < -0.4 is 5.73 Å². The molecule has 0 aliphatic heterocycles. The highest BCUT2D eigenvalue weighted by Gasteiger charge is 2.62. The average molecular weight is 279 g/mol. The van der Waals surface area contributed by atoms with Crippen LogP contribution in [0.4, 0.5) is 35.1 Å². The fourth-order valence-electron chi connectivity index (χ4n) is 1.17. The predicted octanol–water partition coefficient (Wildman–Crippen LogP) is 3.30. The van der Waals surface area contributed by atoms with Gasteiger partial charge in [0.05, 0.1) is 0 Å². The van der Waals surface area contributed by atoms with E-state index in [0.29, 0.717) is 0 Å². The van der Waals surface area contributed by atoms with Crippen molar-refractivity contribution in [3.8, 4) is 0 Å². The maximum atomic E-state index is 13.0. The molecule has 0 amide bonds. The fourth-order valence-corrected chi connectivity index (χ4v) is 1.17. The van der Waals surface area contributed by atoms with Crippen molar-refractivity contribution in [1.29, 1.82) is 0 Å². The first kappa shape index (κ1) is 14.7. The molecule has 1 atom stereocenters. The molecule has 0 saturated heterocycles. The van der Waals surface area contributed by atoms with E-state index in [1.54, 1.807) is 0 Å². The van der Waals surface area contributed by atoms with Crippen LogP contribution in [-0.4, -0.2) is 12.1 Å². The highest BCUT2D eigenvalue weighted by molar-refractivity contribution is 5.25. The van der Waals surface area contributed by atoms with Crippen molar-refractivity contribution < 1.29 is 35.1 Å². The van der Waals surface area contributed by atoms with E-state index < -0.39 is 41.2 Å². The number of benzene rings is 1. The third kappa shape index (κ3) is 2.40. The molecule has 0 aliphatic rings. The van der Waals surface area contributed by atoms with Crippen LogP contribution in [0.3, 0.4) is 0 Å². The second-order valence-electron chi connectivity index (χ2n) is 3.39. The largest absolute Gasteiger partial charge is 0.455 e. The van der Waals surface area contributed by atoms with Gasteiger partial charge in [0.15, 0.2) is 11.6 Å². The van der Waals surface area contributed by atoms with E-state index in [0.717, 1.165) is 0 Å². The molecule has 1 rings (SSSR count). The van der Waals surface area contributed by atoms with Gasteiger partial charge in [-0.1, -0.05) is 0 Å². The lowest BCUT2D eigenvalue weighted by molar-refractivity contribution is -0.291. The van der Waals surface area contributed by atoms with Crippen molar-refractivity contribution >= 4 is 0 Å². The summed E-state index contributed by atoms with van der Waals surface area (Å²) in [5.74, 6) is -11.0. The second kappa shape index (κ2) is 4.38. The molecule has 1 aromatic carbocycles. The van der Waals surface area contributed by atoms with Crippen molar-refractivity contribution in [3.05, 3.63) is 35.1 Å². The third-order valence-electron chi connectivity index (χ3n) is 2.12. The molecule has 1 nitrogen and oxygen atoms in total. The van der Waals surface area contributed by atoms with Gasteiger partial charge in [-0.25, -0.2) is 13.2 Å². The van der Waals surface area contributed by atoms with Crippen molar-refractivity contribution in [2.24, 2.45) is 5.73 Å². The summed E-state index contributed by atoms with van der Waals surface area (Å²) in [5.41, 5.74) is 2.97. The van der Waals surface area contributed by atoms with Crippen LogP contribution in [0.2, 0.25) is 0 Å². The summed E-state index contributed by atoms with van der Waals surface area (Å²) in [4.78, 5) is 0. The zero-order chi connectivity index (χ0) is 14.3. The van der Waals surface area contributed by atoms with E-state index in [1.807, 2.05) is 0 Å². The average Bonchev–Trinajstić information content (AvgIpc) is 2.20. The number of alkyl halides is 5. The Morgan fingerprint density at radius 1 is 0.944 bits per heavy atom. The summed E-state index contributed by atoms with van der Waals surface area (Å²) in [7, 11) is 0. The van der Waals surface area contributed by atoms with Crippen LogP contribution >= 0.6 is 0 Å². The minimum Gasteiger partial charge on any atom is -0.319 e. The van der Waals surface area contributed by atoms with Crippen LogP contribution in [-0.2, 0) is 0 Å². The van der Waals surface area contributed by atoms with Gasteiger partial charge in [0.25, 0.3) is 0 Å². The van der Waals surface area contributed by atoms with Gasteiger partial charge in [-0.15, -0.1) is 0 Å². The first-order valence-electron chi connectivity index (χ1n) is 4.33. The summed E-state index contributed by atoms with van der Waals surface area (Å²) < 4.78 is 99.9. The monoisotopic (exact) mass is 279 g/mol. The van der Waals surface area contributed by atoms with Gasteiger partial charge < -0.3 is 5.73 Å². The van der Waals surface area contributed by atoms with Gasteiger partial charge in [0.2, 0.25) is 0 Å². The normalized spacial score (nSPS) is 14.7. The maximum absolute atomic E-state index is 13.0. The molecule has 18 heavy (non-hydrogen) atoms. The molecule has 102 valence electrons. The Kier molecular flexibility index (Phi) is 3.57. The minimum absolute atomic E-state index is 0.00269. The molecule has 0 unspecified atom stereocenters. The van der Waals surface area contributed by atoms with Gasteiger partial charge in [-0.05, 0) is 6.07 Å². The molecule has 0 spiro atoms. The summed E-state index contributed by atoms with van der Waals surface area (Å²) in [5, 5.41) is 0. The van der Waals surface area contributed by atoms with Crippen LogP contribution in [0, 0.1) is 17.5 Å². The van der Waals surface area contributed by atoms with Crippen molar-refractivity contribution in [3.63, 3.8) is 0 Å². The molecular weight excluding hydrogens is 274 g/mol. The summed E-state index contributed by atoms with van der Waals surface area (Å²) in [6.45, 7) is 0. The van der Waals surface area contributed by atoms with Crippen molar-refractivity contribution in [2.45, 2.75) is 18.1 Å².